The van der Waals surface area contributed by atoms with Gasteiger partial charge in [0.15, 0.2) is 5.76 Å². The monoisotopic (exact) mass is 392 g/mol. The van der Waals surface area contributed by atoms with Crippen LogP contribution in [0.15, 0.2) is 51.9 Å². The average Bonchev–Trinajstić information content (AvgIpc) is 3.01. The molecule has 0 aliphatic rings. The topological polar surface area (TPSA) is 81.4 Å². The highest BCUT2D eigenvalue weighted by atomic mass is 35.5. The SMILES string of the molecule is COc1ccc(NS(=O)(=O)c2cc(-c3cc(C)no3)ccc2C)cc1Cl. The predicted molar refractivity (Wildman–Crippen MR) is 100 cm³/mol. The lowest BCUT2D eigenvalue weighted by Gasteiger charge is -2.12. The van der Waals surface area contributed by atoms with Crippen molar-refractivity contribution in [1.82, 2.24) is 5.16 Å². The first kappa shape index (κ1) is 18.3. The minimum atomic E-state index is -3.82. The van der Waals surface area contributed by atoms with Crippen LogP contribution in [-0.2, 0) is 10.0 Å². The van der Waals surface area contributed by atoms with Crippen molar-refractivity contribution in [2.24, 2.45) is 0 Å². The van der Waals surface area contributed by atoms with Crippen molar-refractivity contribution in [2.75, 3.05) is 11.8 Å². The molecule has 0 atom stereocenters. The molecule has 2 aromatic carbocycles. The van der Waals surface area contributed by atoms with Crippen LogP contribution in [0.3, 0.4) is 0 Å². The number of nitrogens with zero attached hydrogens (tertiary/aromatic N) is 1. The molecule has 0 saturated carbocycles. The van der Waals surface area contributed by atoms with E-state index in [0.717, 1.165) is 5.69 Å². The molecule has 0 aliphatic heterocycles. The molecule has 0 bridgehead atoms. The molecular weight excluding hydrogens is 376 g/mol. The van der Waals surface area contributed by atoms with Gasteiger partial charge < -0.3 is 9.26 Å². The molecule has 0 aliphatic carbocycles. The standard InChI is InChI=1S/C18H17ClN2O4S/c1-11-4-5-13(17-8-12(2)20-25-17)9-18(11)26(22,23)21-14-6-7-16(24-3)15(19)10-14/h4-10,21H,1-3H3. The van der Waals surface area contributed by atoms with Crippen LogP contribution in [0.5, 0.6) is 5.75 Å². The van der Waals surface area contributed by atoms with Gasteiger partial charge in [-0.25, -0.2) is 8.42 Å². The third-order valence-electron chi connectivity index (χ3n) is 3.79. The molecule has 26 heavy (non-hydrogen) atoms. The van der Waals surface area contributed by atoms with Crippen LogP contribution in [-0.4, -0.2) is 20.7 Å². The highest BCUT2D eigenvalue weighted by Crippen LogP contribution is 2.30. The average molecular weight is 393 g/mol. The number of hydrogen-bond acceptors (Lipinski definition) is 5. The van der Waals surface area contributed by atoms with E-state index in [1.807, 2.05) is 0 Å². The number of aryl methyl sites for hydroxylation is 2. The second-order valence-corrected chi connectivity index (χ2v) is 7.83. The normalized spacial score (nSPS) is 11.4. The molecule has 3 aromatic rings. The van der Waals surface area contributed by atoms with E-state index < -0.39 is 10.0 Å². The summed E-state index contributed by atoms with van der Waals surface area (Å²) in [7, 11) is -2.32. The van der Waals surface area contributed by atoms with Gasteiger partial charge in [-0.15, -0.1) is 0 Å². The van der Waals surface area contributed by atoms with Gasteiger partial charge >= 0.3 is 0 Å². The van der Waals surface area contributed by atoms with Gasteiger partial charge in [-0.1, -0.05) is 28.9 Å². The van der Waals surface area contributed by atoms with Crippen molar-refractivity contribution < 1.29 is 17.7 Å². The maximum atomic E-state index is 12.8. The van der Waals surface area contributed by atoms with Gasteiger partial charge in [0, 0.05) is 11.6 Å². The Morgan fingerprint density at radius 2 is 1.88 bits per heavy atom. The van der Waals surface area contributed by atoms with Crippen molar-refractivity contribution in [1.29, 1.82) is 0 Å². The smallest absolute Gasteiger partial charge is 0.262 e. The Kier molecular flexibility index (Phi) is 4.93. The molecule has 8 heteroatoms. The molecule has 0 amide bonds. The van der Waals surface area contributed by atoms with E-state index in [1.165, 1.54) is 13.2 Å². The molecule has 0 saturated heterocycles. The predicted octanol–water partition coefficient (Wildman–Crippen LogP) is 4.42. The van der Waals surface area contributed by atoms with Crippen LogP contribution in [0.1, 0.15) is 11.3 Å². The van der Waals surface area contributed by atoms with Crippen LogP contribution in [0.2, 0.25) is 5.02 Å². The van der Waals surface area contributed by atoms with Crippen molar-refractivity contribution in [3.8, 4) is 17.1 Å². The fourth-order valence-corrected chi connectivity index (χ4v) is 4.06. The zero-order valence-electron chi connectivity index (χ0n) is 14.4. The summed E-state index contributed by atoms with van der Waals surface area (Å²) >= 11 is 6.06. The zero-order valence-corrected chi connectivity index (χ0v) is 16.0. The Bertz CT molecular complexity index is 1060. The molecule has 136 valence electrons. The Hall–Kier alpha value is -2.51. The maximum absolute atomic E-state index is 12.8. The summed E-state index contributed by atoms with van der Waals surface area (Å²) in [5, 5.41) is 4.15. The molecule has 0 unspecified atom stereocenters. The third-order valence-corrected chi connectivity index (χ3v) is 5.61. The summed E-state index contributed by atoms with van der Waals surface area (Å²) in [4.78, 5) is 0.149. The van der Waals surface area contributed by atoms with Crippen LogP contribution in [0.25, 0.3) is 11.3 Å². The largest absolute Gasteiger partial charge is 0.495 e. The Morgan fingerprint density at radius 1 is 1.12 bits per heavy atom. The van der Waals surface area contributed by atoms with E-state index in [1.54, 1.807) is 50.2 Å². The number of rotatable bonds is 5. The summed E-state index contributed by atoms with van der Waals surface area (Å²) < 4.78 is 38.5. The summed E-state index contributed by atoms with van der Waals surface area (Å²) in [5.74, 6) is 0.972. The first-order valence-corrected chi connectivity index (χ1v) is 9.57. The summed E-state index contributed by atoms with van der Waals surface area (Å²) in [6, 6.07) is 11.5. The Balaban J connectivity index is 1.97. The number of halogens is 1. The Labute approximate surface area is 156 Å². The fourth-order valence-electron chi connectivity index (χ4n) is 2.48. The van der Waals surface area contributed by atoms with E-state index in [9.17, 15) is 8.42 Å². The van der Waals surface area contributed by atoms with Crippen LogP contribution in [0, 0.1) is 13.8 Å². The van der Waals surface area contributed by atoms with Crippen LogP contribution < -0.4 is 9.46 Å². The summed E-state index contributed by atoms with van der Waals surface area (Å²) in [6.07, 6.45) is 0. The van der Waals surface area contributed by atoms with E-state index in [-0.39, 0.29) is 4.90 Å². The lowest BCUT2D eigenvalue weighted by Crippen LogP contribution is -2.14. The van der Waals surface area contributed by atoms with E-state index in [4.69, 9.17) is 20.9 Å². The number of hydrogen-bond donors (Lipinski definition) is 1. The number of benzene rings is 2. The summed E-state index contributed by atoms with van der Waals surface area (Å²) in [6.45, 7) is 3.53. The van der Waals surface area contributed by atoms with Gasteiger partial charge in [-0.2, -0.15) is 0 Å². The lowest BCUT2D eigenvalue weighted by molar-refractivity contribution is 0.415. The molecule has 0 spiro atoms. The first-order chi connectivity index (χ1) is 12.3. The van der Waals surface area contributed by atoms with Gasteiger partial charge in [0.05, 0.1) is 28.4 Å². The molecule has 0 radical (unpaired) electrons. The van der Waals surface area contributed by atoms with Crippen molar-refractivity contribution in [2.45, 2.75) is 18.7 Å². The van der Waals surface area contributed by atoms with Crippen molar-refractivity contribution >= 4 is 27.3 Å². The van der Waals surface area contributed by atoms with Gasteiger partial charge in [-0.3, -0.25) is 4.72 Å². The van der Waals surface area contributed by atoms with E-state index in [2.05, 4.69) is 9.88 Å². The third kappa shape index (κ3) is 3.68. The molecule has 6 nitrogen and oxygen atoms in total. The van der Waals surface area contributed by atoms with Gasteiger partial charge in [0.1, 0.15) is 5.75 Å². The molecule has 0 fully saturated rings. The maximum Gasteiger partial charge on any atom is 0.262 e. The highest BCUT2D eigenvalue weighted by molar-refractivity contribution is 7.92. The minimum Gasteiger partial charge on any atom is -0.495 e. The minimum absolute atomic E-state index is 0.149. The fraction of sp³-hybridized carbons (Fsp3) is 0.167. The quantitative estimate of drug-likeness (QED) is 0.695. The van der Waals surface area contributed by atoms with Crippen LogP contribution >= 0.6 is 11.6 Å². The van der Waals surface area contributed by atoms with Gasteiger partial charge in [0.25, 0.3) is 10.0 Å². The van der Waals surface area contributed by atoms with Crippen molar-refractivity contribution in [3.05, 3.63) is 58.7 Å². The molecular formula is C18H17ClN2O4S. The van der Waals surface area contributed by atoms with Crippen LogP contribution in [0.4, 0.5) is 5.69 Å². The van der Waals surface area contributed by atoms with Crippen molar-refractivity contribution in [3.63, 3.8) is 0 Å². The highest BCUT2D eigenvalue weighted by Gasteiger charge is 2.19. The van der Waals surface area contributed by atoms with Gasteiger partial charge in [-0.05, 0) is 43.7 Å². The number of aromatic nitrogens is 1. The number of anilines is 1. The molecule has 1 N–H and O–H groups in total. The van der Waals surface area contributed by atoms with E-state index >= 15 is 0 Å². The molecule has 3 rings (SSSR count). The molecule has 1 aromatic heterocycles. The molecule has 1 heterocycles. The zero-order chi connectivity index (χ0) is 18.9. The van der Waals surface area contributed by atoms with E-state index in [0.29, 0.717) is 33.3 Å². The second kappa shape index (κ2) is 7.01. The summed E-state index contributed by atoms with van der Waals surface area (Å²) in [5.41, 5.74) is 2.30. The first-order valence-electron chi connectivity index (χ1n) is 7.71. The number of ether oxygens (including phenoxy) is 1. The number of nitrogens with one attached hydrogen (secondary N) is 1. The Morgan fingerprint density at radius 3 is 2.50 bits per heavy atom. The lowest BCUT2D eigenvalue weighted by atomic mass is 10.1. The second-order valence-electron chi connectivity index (χ2n) is 5.77. The number of methoxy groups -OCH3 is 1. The van der Waals surface area contributed by atoms with Gasteiger partial charge in [0.2, 0.25) is 0 Å². The number of sulfonamides is 1.